The van der Waals surface area contributed by atoms with Crippen molar-refractivity contribution in [3.05, 3.63) is 11.1 Å². The Labute approximate surface area is 107 Å². The molecule has 1 aliphatic rings. The Kier molecular flexibility index (Phi) is 5.03. The van der Waals surface area contributed by atoms with Crippen molar-refractivity contribution in [2.24, 2.45) is 0 Å². The molecular weight excluding hydrogens is 275 g/mol. The van der Waals surface area contributed by atoms with Gasteiger partial charge in [0.05, 0.1) is 6.42 Å². The van der Waals surface area contributed by atoms with Gasteiger partial charge in [-0.3, -0.25) is 0 Å². The molecule has 2 heterocycles. The predicted molar refractivity (Wildman–Crippen MR) is 64.2 cm³/mol. The second-order valence-electron chi connectivity index (χ2n) is 3.64. The lowest BCUT2D eigenvalue weighted by atomic mass is 10.4. The number of aromatic nitrogens is 1. The molecule has 3 nitrogen and oxygen atoms in total. The molecule has 0 radical (unpaired) electrons. The minimum absolute atomic E-state index is 0. The molecule has 0 bridgehead atoms. The maximum Gasteiger partial charge on any atom is 0.393 e. The summed E-state index contributed by atoms with van der Waals surface area (Å²) >= 11 is 1.13. The van der Waals surface area contributed by atoms with E-state index in [9.17, 15) is 13.2 Å². The molecule has 2 rings (SSSR count). The highest BCUT2D eigenvalue weighted by Gasteiger charge is 2.29. The monoisotopic (exact) mass is 287 g/mol. The van der Waals surface area contributed by atoms with Crippen LogP contribution in [0.3, 0.4) is 0 Å². The van der Waals surface area contributed by atoms with E-state index in [1.165, 1.54) is 6.20 Å². The maximum atomic E-state index is 12.1. The number of hydrogen-bond donors (Lipinski definition) is 1. The molecule has 1 aliphatic heterocycles. The summed E-state index contributed by atoms with van der Waals surface area (Å²) in [7, 11) is 0. The molecule has 1 aromatic heterocycles. The molecule has 1 saturated heterocycles. The number of piperazine rings is 1. The molecule has 0 atom stereocenters. The van der Waals surface area contributed by atoms with Gasteiger partial charge in [-0.05, 0) is 0 Å². The molecular formula is C9H13ClF3N3S. The molecule has 0 unspecified atom stereocenters. The highest BCUT2D eigenvalue weighted by molar-refractivity contribution is 7.15. The largest absolute Gasteiger partial charge is 0.393 e. The first-order valence-corrected chi connectivity index (χ1v) is 5.83. The Morgan fingerprint density at radius 2 is 2.00 bits per heavy atom. The van der Waals surface area contributed by atoms with Crippen molar-refractivity contribution in [1.82, 2.24) is 10.3 Å². The summed E-state index contributed by atoms with van der Waals surface area (Å²) in [4.78, 5) is 6.33. The number of rotatable bonds is 2. The Morgan fingerprint density at radius 3 is 2.59 bits per heavy atom. The maximum absolute atomic E-state index is 12.1. The second-order valence-corrected chi connectivity index (χ2v) is 4.73. The van der Waals surface area contributed by atoms with E-state index >= 15 is 0 Å². The summed E-state index contributed by atoms with van der Waals surface area (Å²) in [5, 5.41) is 3.88. The third-order valence-electron chi connectivity index (χ3n) is 2.30. The third kappa shape index (κ3) is 4.33. The van der Waals surface area contributed by atoms with Crippen LogP contribution < -0.4 is 10.2 Å². The van der Waals surface area contributed by atoms with Crippen molar-refractivity contribution in [2.75, 3.05) is 31.1 Å². The fourth-order valence-corrected chi connectivity index (χ4v) is 2.57. The van der Waals surface area contributed by atoms with Crippen LogP contribution in [0.5, 0.6) is 0 Å². The summed E-state index contributed by atoms with van der Waals surface area (Å²) < 4.78 is 36.4. The Morgan fingerprint density at radius 1 is 1.35 bits per heavy atom. The fourth-order valence-electron chi connectivity index (χ4n) is 1.58. The number of anilines is 1. The smallest absolute Gasteiger partial charge is 0.346 e. The quantitative estimate of drug-likeness (QED) is 0.903. The number of hydrogen-bond acceptors (Lipinski definition) is 4. The van der Waals surface area contributed by atoms with Gasteiger partial charge in [-0.25, -0.2) is 4.98 Å². The van der Waals surface area contributed by atoms with Crippen LogP contribution in [0.4, 0.5) is 18.3 Å². The van der Waals surface area contributed by atoms with Gasteiger partial charge >= 0.3 is 6.18 Å². The normalized spacial score (nSPS) is 16.8. The van der Waals surface area contributed by atoms with Crippen LogP contribution in [0.2, 0.25) is 0 Å². The van der Waals surface area contributed by atoms with Crippen LogP contribution in [0.1, 0.15) is 4.88 Å². The van der Waals surface area contributed by atoms with Crippen LogP contribution >= 0.6 is 23.7 Å². The molecule has 0 aliphatic carbocycles. The summed E-state index contributed by atoms with van der Waals surface area (Å²) in [6, 6.07) is 0. The number of nitrogens with zero attached hydrogens (tertiary/aromatic N) is 2. The van der Waals surface area contributed by atoms with E-state index in [0.717, 1.165) is 37.5 Å². The third-order valence-corrected chi connectivity index (χ3v) is 3.36. The minimum atomic E-state index is -4.15. The van der Waals surface area contributed by atoms with Crippen molar-refractivity contribution < 1.29 is 13.2 Å². The summed E-state index contributed by atoms with van der Waals surface area (Å²) in [5.41, 5.74) is 0. The zero-order chi connectivity index (χ0) is 11.6. The Hall–Kier alpha value is -0.530. The minimum Gasteiger partial charge on any atom is -0.346 e. The molecule has 0 aromatic carbocycles. The van der Waals surface area contributed by atoms with Gasteiger partial charge in [-0.15, -0.1) is 23.7 Å². The number of halogens is 4. The molecule has 1 aromatic rings. The van der Waals surface area contributed by atoms with E-state index < -0.39 is 12.6 Å². The molecule has 0 spiro atoms. The van der Waals surface area contributed by atoms with Crippen molar-refractivity contribution >= 4 is 28.9 Å². The average Bonchev–Trinajstić information content (AvgIpc) is 2.65. The SMILES string of the molecule is Cl.FC(F)(F)Cc1cnc(N2CCNCC2)s1. The summed E-state index contributed by atoms with van der Waals surface area (Å²) in [5.74, 6) is 0. The van der Waals surface area contributed by atoms with E-state index in [1.54, 1.807) is 0 Å². The number of alkyl halides is 3. The highest BCUT2D eigenvalue weighted by Crippen LogP contribution is 2.28. The first-order chi connectivity index (χ1) is 7.54. The van der Waals surface area contributed by atoms with Gasteiger partial charge in [-0.1, -0.05) is 0 Å². The lowest BCUT2D eigenvalue weighted by Crippen LogP contribution is -2.43. The molecule has 0 saturated carbocycles. The van der Waals surface area contributed by atoms with Crippen LogP contribution in [0, 0.1) is 0 Å². The van der Waals surface area contributed by atoms with Crippen molar-refractivity contribution in [3.8, 4) is 0 Å². The van der Waals surface area contributed by atoms with Crippen molar-refractivity contribution in [2.45, 2.75) is 12.6 Å². The number of nitrogens with one attached hydrogen (secondary N) is 1. The van der Waals surface area contributed by atoms with Gasteiger partial charge in [-0.2, -0.15) is 13.2 Å². The van der Waals surface area contributed by atoms with Gasteiger partial charge in [0.1, 0.15) is 0 Å². The van der Waals surface area contributed by atoms with Crippen LogP contribution in [-0.4, -0.2) is 37.3 Å². The topological polar surface area (TPSA) is 28.2 Å². The lowest BCUT2D eigenvalue weighted by Gasteiger charge is -2.26. The van der Waals surface area contributed by atoms with Crippen LogP contribution in [0.15, 0.2) is 6.20 Å². The fraction of sp³-hybridized carbons (Fsp3) is 0.667. The molecule has 17 heavy (non-hydrogen) atoms. The summed E-state index contributed by atoms with van der Waals surface area (Å²) in [6.07, 6.45) is -3.69. The Balaban J connectivity index is 0.00000144. The first kappa shape index (κ1) is 14.5. The molecule has 1 N–H and O–H groups in total. The summed E-state index contributed by atoms with van der Waals surface area (Å²) in [6.45, 7) is 3.32. The standard InChI is InChI=1S/C9H12F3N3S.ClH/c10-9(11,12)5-7-6-14-8(16-7)15-3-1-13-2-4-15;/h6,13H,1-5H2;1H. The van der Waals surface area contributed by atoms with Gasteiger partial charge in [0.25, 0.3) is 0 Å². The van der Waals surface area contributed by atoms with E-state index in [2.05, 4.69) is 10.3 Å². The van der Waals surface area contributed by atoms with E-state index in [4.69, 9.17) is 0 Å². The first-order valence-electron chi connectivity index (χ1n) is 5.02. The molecule has 98 valence electrons. The van der Waals surface area contributed by atoms with E-state index in [-0.39, 0.29) is 17.3 Å². The van der Waals surface area contributed by atoms with Crippen LogP contribution in [-0.2, 0) is 6.42 Å². The highest BCUT2D eigenvalue weighted by atomic mass is 35.5. The van der Waals surface area contributed by atoms with E-state index in [0.29, 0.717) is 5.13 Å². The zero-order valence-corrected chi connectivity index (χ0v) is 10.6. The second kappa shape index (κ2) is 5.88. The van der Waals surface area contributed by atoms with Gasteiger partial charge in [0.15, 0.2) is 5.13 Å². The molecule has 1 fully saturated rings. The van der Waals surface area contributed by atoms with Gasteiger partial charge < -0.3 is 10.2 Å². The number of thiazole rings is 1. The van der Waals surface area contributed by atoms with E-state index in [1.807, 2.05) is 4.90 Å². The predicted octanol–water partition coefficient (Wildman–Crippen LogP) is 2.08. The van der Waals surface area contributed by atoms with Crippen molar-refractivity contribution in [1.29, 1.82) is 0 Å². The van der Waals surface area contributed by atoms with Gasteiger partial charge in [0, 0.05) is 37.3 Å². The Bertz CT molecular complexity index is 350. The zero-order valence-electron chi connectivity index (χ0n) is 8.96. The average molecular weight is 288 g/mol. The molecule has 8 heteroatoms. The van der Waals surface area contributed by atoms with Crippen LogP contribution in [0.25, 0.3) is 0 Å². The van der Waals surface area contributed by atoms with Gasteiger partial charge in [0.2, 0.25) is 0 Å². The lowest BCUT2D eigenvalue weighted by molar-refractivity contribution is -0.126. The molecule has 0 amide bonds. The van der Waals surface area contributed by atoms with Crippen molar-refractivity contribution in [3.63, 3.8) is 0 Å².